The van der Waals surface area contributed by atoms with Crippen molar-refractivity contribution in [3.05, 3.63) is 89.1 Å². The van der Waals surface area contributed by atoms with Gasteiger partial charge < -0.3 is 15.2 Å². The molecule has 26 heavy (non-hydrogen) atoms. The fourth-order valence-electron chi connectivity index (χ4n) is 2.40. The number of pyridine rings is 1. The number of ether oxygens (including phenoxy) is 2. The van der Waals surface area contributed by atoms with Gasteiger partial charge in [-0.2, -0.15) is 0 Å². The number of aryl methyl sites for hydroxylation is 1. The SMILES string of the molecule is Cc1ccc(C(=O)OCc2ccc(OCc3ccccc3)cc2)c(N)n1. The molecule has 132 valence electrons. The van der Waals surface area contributed by atoms with Crippen molar-refractivity contribution in [2.45, 2.75) is 20.1 Å². The molecular weight excluding hydrogens is 328 g/mol. The van der Waals surface area contributed by atoms with Crippen LogP contribution in [0.1, 0.15) is 27.2 Å². The number of carbonyl (C=O) groups is 1. The Hall–Kier alpha value is -3.34. The predicted molar refractivity (Wildman–Crippen MR) is 99.7 cm³/mol. The average Bonchev–Trinajstić information content (AvgIpc) is 2.66. The van der Waals surface area contributed by atoms with Gasteiger partial charge in [0.25, 0.3) is 0 Å². The summed E-state index contributed by atoms with van der Waals surface area (Å²) in [4.78, 5) is 16.2. The molecule has 0 saturated heterocycles. The summed E-state index contributed by atoms with van der Waals surface area (Å²) in [5.41, 5.74) is 8.77. The Morgan fingerprint density at radius 3 is 2.31 bits per heavy atom. The lowest BCUT2D eigenvalue weighted by Gasteiger charge is -2.09. The van der Waals surface area contributed by atoms with Crippen LogP contribution in [0, 0.1) is 6.92 Å². The van der Waals surface area contributed by atoms with Crippen molar-refractivity contribution >= 4 is 11.8 Å². The molecule has 3 aromatic rings. The van der Waals surface area contributed by atoms with Gasteiger partial charge in [-0.25, -0.2) is 9.78 Å². The number of carbonyl (C=O) groups excluding carboxylic acids is 1. The zero-order chi connectivity index (χ0) is 18.4. The van der Waals surface area contributed by atoms with E-state index in [1.54, 1.807) is 12.1 Å². The fraction of sp³-hybridized carbons (Fsp3) is 0.143. The maximum absolute atomic E-state index is 12.1. The molecule has 0 fully saturated rings. The van der Waals surface area contributed by atoms with E-state index in [1.807, 2.05) is 61.5 Å². The molecule has 0 atom stereocenters. The van der Waals surface area contributed by atoms with Crippen LogP contribution in [0.3, 0.4) is 0 Å². The first-order valence-electron chi connectivity index (χ1n) is 8.28. The lowest BCUT2D eigenvalue weighted by Crippen LogP contribution is -2.10. The number of hydrogen-bond donors (Lipinski definition) is 1. The van der Waals surface area contributed by atoms with Crippen LogP contribution in [0.2, 0.25) is 0 Å². The van der Waals surface area contributed by atoms with Gasteiger partial charge in [0.1, 0.15) is 30.3 Å². The van der Waals surface area contributed by atoms with Gasteiger partial charge in [0, 0.05) is 5.69 Å². The van der Waals surface area contributed by atoms with Crippen molar-refractivity contribution in [3.8, 4) is 5.75 Å². The normalized spacial score (nSPS) is 10.3. The zero-order valence-electron chi connectivity index (χ0n) is 14.5. The van der Waals surface area contributed by atoms with Crippen LogP contribution in [0.4, 0.5) is 5.82 Å². The Morgan fingerprint density at radius 2 is 1.62 bits per heavy atom. The third-order valence-electron chi connectivity index (χ3n) is 3.83. The second-order valence-electron chi connectivity index (χ2n) is 5.88. The van der Waals surface area contributed by atoms with Gasteiger partial charge in [-0.1, -0.05) is 42.5 Å². The van der Waals surface area contributed by atoms with Crippen LogP contribution >= 0.6 is 0 Å². The lowest BCUT2D eigenvalue weighted by molar-refractivity contribution is 0.0473. The van der Waals surface area contributed by atoms with E-state index in [4.69, 9.17) is 15.2 Å². The maximum Gasteiger partial charge on any atom is 0.342 e. The minimum absolute atomic E-state index is 0.158. The van der Waals surface area contributed by atoms with E-state index >= 15 is 0 Å². The summed E-state index contributed by atoms with van der Waals surface area (Å²) in [7, 11) is 0. The number of anilines is 1. The highest BCUT2D eigenvalue weighted by molar-refractivity contribution is 5.94. The van der Waals surface area contributed by atoms with E-state index < -0.39 is 5.97 Å². The molecule has 0 bridgehead atoms. The first-order chi connectivity index (χ1) is 12.6. The van der Waals surface area contributed by atoms with Crippen molar-refractivity contribution in [2.75, 3.05) is 5.73 Å². The third kappa shape index (κ3) is 4.60. The Kier molecular flexibility index (Phi) is 5.49. The Labute approximate surface area is 152 Å². The molecule has 2 aromatic carbocycles. The largest absolute Gasteiger partial charge is 0.489 e. The van der Waals surface area contributed by atoms with Gasteiger partial charge in [-0.15, -0.1) is 0 Å². The summed E-state index contributed by atoms with van der Waals surface area (Å²) in [6, 6.07) is 20.8. The average molecular weight is 348 g/mol. The van der Waals surface area contributed by atoms with Gasteiger partial charge >= 0.3 is 5.97 Å². The van der Waals surface area contributed by atoms with E-state index in [0.29, 0.717) is 6.61 Å². The molecule has 3 rings (SSSR count). The number of nitrogens with two attached hydrogens (primary N) is 1. The van der Waals surface area contributed by atoms with Gasteiger partial charge in [0.2, 0.25) is 0 Å². The predicted octanol–water partition coefficient (Wildman–Crippen LogP) is 3.91. The smallest absolute Gasteiger partial charge is 0.342 e. The fourth-order valence-corrected chi connectivity index (χ4v) is 2.40. The summed E-state index contributed by atoms with van der Waals surface area (Å²) >= 11 is 0. The maximum atomic E-state index is 12.1. The van der Waals surface area contributed by atoms with E-state index in [0.717, 1.165) is 22.6 Å². The van der Waals surface area contributed by atoms with Gasteiger partial charge in [0.05, 0.1) is 0 Å². The van der Waals surface area contributed by atoms with Crippen molar-refractivity contribution in [1.82, 2.24) is 4.98 Å². The summed E-state index contributed by atoms with van der Waals surface area (Å²) < 4.78 is 11.0. The number of rotatable bonds is 6. The van der Waals surface area contributed by atoms with Gasteiger partial charge in [0.15, 0.2) is 0 Å². The van der Waals surface area contributed by atoms with E-state index in [2.05, 4.69) is 4.98 Å². The third-order valence-corrected chi connectivity index (χ3v) is 3.83. The quantitative estimate of drug-likeness (QED) is 0.684. The second-order valence-corrected chi connectivity index (χ2v) is 5.88. The van der Waals surface area contributed by atoms with Crippen molar-refractivity contribution in [3.63, 3.8) is 0 Å². The first-order valence-corrected chi connectivity index (χ1v) is 8.28. The van der Waals surface area contributed by atoms with E-state index in [1.165, 1.54) is 0 Å². The highest BCUT2D eigenvalue weighted by Crippen LogP contribution is 2.16. The summed E-state index contributed by atoms with van der Waals surface area (Å²) in [5.74, 6) is 0.454. The molecule has 0 saturated carbocycles. The number of hydrogen-bond acceptors (Lipinski definition) is 5. The van der Waals surface area contributed by atoms with Gasteiger partial charge in [-0.05, 0) is 42.3 Å². The highest BCUT2D eigenvalue weighted by atomic mass is 16.5. The van der Waals surface area contributed by atoms with Crippen LogP contribution in [-0.4, -0.2) is 11.0 Å². The minimum Gasteiger partial charge on any atom is -0.489 e. The van der Waals surface area contributed by atoms with Gasteiger partial charge in [-0.3, -0.25) is 0 Å². The second kappa shape index (κ2) is 8.16. The molecular formula is C21H20N2O3. The monoisotopic (exact) mass is 348 g/mol. The molecule has 0 radical (unpaired) electrons. The van der Waals surface area contributed by atoms with Crippen LogP contribution in [0.5, 0.6) is 5.75 Å². The number of nitrogen functional groups attached to an aromatic ring is 1. The number of nitrogens with zero attached hydrogens (tertiary/aromatic N) is 1. The topological polar surface area (TPSA) is 74.4 Å². The number of benzene rings is 2. The Balaban J connectivity index is 1.53. The molecule has 0 aliphatic carbocycles. The molecule has 0 aliphatic rings. The van der Waals surface area contributed by atoms with Crippen molar-refractivity contribution in [1.29, 1.82) is 0 Å². The molecule has 0 spiro atoms. The van der Waals surface area contributed by atoms with Crippen molar-refractivity contribution < 1.29 is 14.3 Å². The molecule has 5 nitrogen and oxygen atoms in total. The Bertz CT molecular complexity index is 878. The minimum atomic E-state index is -0.487. The Morgan fingerprint density at radius 1 is 0.923 bits per heavy atom. The standard InChI is InChI=1S/C21H20N2O3/c1-15-7-12-19(20(22)23-15)21(24)26-14-17-8-10-18(11-9-17)25-13-16-5-3-2-4-6-16/h2-12H,13-14H2,1H3,(H2,22,23). The van der Waals surface area contributed by atoms with Crippen LogP contribution in [-0.2, 0) is 18.0 Å². The van der Waals surface area contributed by atoms with E-state index in [-0.39, 0.29) is 18.0 Å². The molecule has 0 unspecified atom stereocenters. The molecule has 5 heteroatoms. The van der Waals surface area contributed by atoms with Crippen LogP contribution in [0.25, 0.3) is 0 Å². The van der Waals surface area contributed by atoms with Crippen molar-refractivity contribution in [2.24, 2.45) is 0 Å². The highest BCUT2D eigenvalue weighted by Gasteiger charge is 2.12. The van der Waals surface area contributed by atoms with Crippen LogP contribution < -0.4 is 10.5 Å². The zero-order valence-corrected chi connectivity index (χ0v) is 14.5. The van der Waals surface area contributed by atoms with Crippen LogP contribution in [0.15, 0.2) is 66.7 Å². The first kappa shape index (κ1) is 17.5. The number of esters is 1. The summed E-state index contributed by atoms with van der Waals surface area (Å²) in [6.45, 7) is 2.48. The number of aromatic nitrogens is 1. The van der Waals surface area contributed by atoms with E-state index in [9.17, 15) is 4.79 Å². The lowest BCUT2D eigenvalue weighted by atomic mass is 10.2. The molecule has 0 amide bonds. The molecule has 1 heterocycles. The molecule has 1 aromatic heterocycles. The molecule has 0 aliphatic heterocycles. The molecule has 2 N–H and O–H groups in total. The summed E-state index contributed by atoms with van der Waals surface area (Å²) in [5, 5.41) is 0. The summed E-state index contributed by atoms with van der Waals surface area (Å²) in [6.07, 6.45) is 0.